The van der Waals surface area contributed by atoms with E-state index in [2.05, 4.69) is 5.32 Å². The highest BCUT2D eigenvalue weighted by Gasteiger charge is 2.31. The molecule has 0 aromatic heterocycles. The van der Waals surface area contributed by atoms with E-state index in [1.165, 1.54) is 4.90 Å². The molecule has 0 saturated carbocycles. The molecule has 1 aromatic carbocycles. The molecule has 1 N–H and O–H groups in total. The van der Waals surface area contributed by atoms with E-state index >= 15 is 0 Å². The maximum Gasteiger partial charge on any atom is 0.246 e. The molecule has 0 bridgehead atoms. The number of hydrogen-bond acceptors (Lipinski definition) is 3. The third-order valence-electron chi connectivity index (χ3n) is 3.03. The molecule has 1 atom stereocenters. The number of nitrogens with zero attached hydrogens (tertiary/aromatic N) is 1. The lowest BCUT2D eigenvalue weighted by Gasteiger charge is -2.30. The van der Waals surface area contributed by atoms with Crippen LogP contribution in [0.1, 0.15) is 18.1 Å². The Morgan fingerprint density at radius 2 is 2.17 bits per heavy atom. The molecule has 0 spiro atoms. The van der Waals surface area contributed by atoms with Crippen molar-refractivity contribution < 1.29 is 9.59 Å². The van der Waals surface area contributed by atoms with Gasteiger partial charge in [-0.3, -0.25) is 19.8 Å². The SMILES string of the molecule is Cc1ccc(CN2C(=O)CNC(C)C2=O)c(Cl)c1. The Labute approximate surface area is 111 Å². The maximum atomic E-state index is 11.9. The van der Waals surface area contributed by atoms with Gasteiger partial charge in [0.25, 0.3) is 0 Å². The van der Waals surface area contributed by atoms with Gasteiger partial charge in [-0.25, -0.2) is 0 Å². The highest BCUT2D eigenvalue weighted by Crippen LogP contribution is 2.20. The van der Waals surface area contributed by atoms with Gasteiger partial charge < -0.3 is 0 Å². The molecule has 1 fully saturated rings. The van der Waals surface area contributed by atoms with Crippen LogP contribution < -0.4 is 5.32 Å². The van der Waals surface area contributed by atoms with Crippen LogP contribution in [0, 0.1) is 6.92 Å². The van der Waals surface area contributed by atoms with Crippen molar-refractivity contribution in [3.63, 3.8) is 0 Å². The summed E-state index contributed by atoms with van der Waals surface area (Å²) in [5, 5.41) is 3.43. The molecule has 1 unspecified atom stereocenters. The summed E-state index contributed by atoms with van der Waals surface area (Å²) in [6.07, 6.45) is 0. The summed E-state index contributed by atoms with van der Waals surface area (Å²) in [6, 6.07) is 5.27. The number of benzene rings is 1. The van der Waals surface area contributed by atoms with E-state index in [-0.39, 0.29) is 30.9 Å². The van der Waals surface area contributed by atoms with Gasteiger partial charge >= 0.3 is 0 Å². The van der Waals surface area contributed by atoms with Crippen molar-refractivity contribution in [3.8, 4) is 0 Å². The zero-order valence-corrected chi connectivity index (χ0v) is 11.1. The molecular formula is C13H15ClN2O2. The first-order chi connectivity index (χ1) is 8.49. The van der Waals surface area contributed by atoms with Gasteiger partial charge in [0.1, 0.15) is 0 Å². The third-order valence-corrected chi connectivity index (χ3v) is 3.39. The molecule has 1 heterocycles. The number of aryl methyl sites for hydroxylation is 1. The van der Waals surface area contributed by atoms with Crippen LogP contribution in [0.4, 0.5) is 0 Å². The smallest absolute Gasteiger partial charge is 0.246 e. The van der Waals surface area contributed by atoms with E-state index in [1.807, 2.05) is 25.1 Å². The predicted molar refractivity (Wildman–Crippen MR) is 69.2 cm³/mol. The molecule has 2 amide bonds. The van der Waals surface area contributed by atoms with Crippen LogP contribution in [-0.2, 0) is 16.1 Å². The fourth-order valence-corrected chi connectivity index (χ4v) is 2.19. The first kappa shape index (κ1) is 13.1. The van der Waals surface area contributed by atoms with Crippen molar-refractivity contribution >= 4 is 23.4 Å². The quantitative estimate of drug-likeness (QED) is 0.826. The fraction of sp³-hybridized carbons (Fsp3) is 0.385. The van der Waals surface area contributed by atoms with E-state index in [4.69, 9.17) is 11.6 Å². The fourth-order valence-electron chi connectivity index (χ4n) is 1.90. The molecule has 96 valence electrons. The lowest BCUT2D eigenvalue weighted by atomic mass is 10.1. The van der Waals surface area contributed by atoms with Crippen LogP contribution in [0.15, 0.2) is 18.2 Å². The third kappa shape index (κ3) is 2.54. The Balaban J connectivity index is 2.21. The first-order valence-electron chi connectivity index (χ1n) is 5.81. The Bertz CT molecular complexity index is 502. The number of carbonyl (C=O) groups is 2. The van der Waals surface area contributed by atoms with Crippen molar-refractivity contribution in [2.24, 2.45) is 0 Å². The number of amides is 2. The molecule has 1 aromatic rings. The second-order valence-electron chi connectivity index (χ2n) is 4.52. The largest absolute Gasteiger partial charge is 0.298 e. The standard InChI is InChI=1S/C13H15ClN2O2/c1-8-3-4-10(11(14)5-8)7-16-12(17)6-15-9(2)13(16)18/h3-5,9,15H,6-7H2,1-2H3. The van der Waals surface area contributed by atoms with Crippen molar-refractivity contribution in [2.75, 3.05) is 6.54 Å². The summed E-state index contributed by atoms with van der Waals surface area (Å²) in [7, 11) is 0. The predicted octanol–water partition coefficient (Wildman–Crippen LogP) is 1.50. The zero-order valence-electron chi connectivity index (χ0n) is 10.4. The van der Waals surface area contributed by atoms with Gasteiger partial charge in [0.15, 0.2) is 0 Å². The van der Waals surface area contributed by atoms with Gasteiger partial charge in [0.2, 0.25) is 11.8 Å². The van der Waals surface area contributed by atoms with Gasteiger partial charge in [-0.15, -0.1) is 0 Å². The average molecular weight is 267 g/mol. The first-order valence-corrected chi connectivity index (χ1v) is 6.19. The minimum absolute atomic E-state index is 0.191. The van der Waals surface area contributed by atoms with Crippen molar-refractivity contribution in [3.05, 3.63) is 34.3 Å². The van der Waals surface area contributed by atoms with Gasteiger partial charge in [-0.1, -0.05) is 23.7 Å². The number of imide groups is 1. The molecule has 1 saturated heterocycles. The van der Waals surface area contributed by atoms with E-state index in [0.717, 1.165) is 11.1 Å². The van der Waals surface area contributed by atoms with Gasteiger partial charge in [0.05, 0.1) is 19.1 Å². The van der Waals surface area contributed by atoms with E-state index in [0.29, 0.717) is 5.02 Å². The molecule has 5 heteroatoms. The van der Waals surface area contributed by atoms with Crippen molar-refractivity contribution in [2.45, 2.75) is 26.4 Å². The number of rotatable bonds is 2. The number of nitrogens with one attached hydrogen (secondary N) is 1. The summed E-state index contributed by atoms with van der Waals surface area (Å²) in [6.45, 7) is 4.12. The van der Waals surface area contributed by atoms with Crippen LogP contribution in [0.5, 0.6) is 0 Å². The number of halogens is 1. The molecular weight excluding hydrogens is 252 g/mol. The second kappa shape index (κ2) is 5.08. The zero-order chi connectivity index (χ0) is 13.3. The topological polar surface area (TPSA) is 49.4 Å². The monoisotopic (exact) mass is 266 g/mol. The maximum absolute atomic E-state index is 11.9. The Kier molecular flexibility index (Phi) is 3.68. The minimum Gasteiger partial charge on any atom is -0.298 e. The van der Waals surface area contributed by atoms with Crippen molar-refractivity contribution in [1.82, 2.24) is 10.2 Å². The van der Waals surface area contributed by atoms with E-state index in [9.17, 15) is 9.59 Å². The lowest BCUT2D eigenvalue weighted by molar-refractivity contribution is -0.149. The molecule has 1 aliphatic rings. The van der Waals surface area contributed by atoms with Crippen LogP contribution in [-0.4, -0.2) is 29.3 Å². The normalized spacial score (nSPS) is 20.4. The molecule has 2 rings (SSSR count). The summed E-state index contributed by atoms with van der Waals surface area (Å²) in [5.41, 5.74) is 1.84. The molecule has 4 nitrogen and oxygen atoms in total. The minimum atomic E-state index is -0.327. The lowest BCUT2D eigenvalue weighted by Crippen LogP contribution is -2.56. The molecule has 0 radical (unpaired) electrons. The van der Waals surface area contributed by atoms with Crippen LogP contribution in [0.25, 0.3) is 0 Å². The Hall–Kier alpha value is -1.39. The van der Waals surface area contributed by atoms with Crippen LogP contribution in [0.3, 0.4) is 0 Å². The van der Waals surface area contributed by atoms with Gasteiger partial charge in [-0.2, -0.15) is 0 Å². The Morgan fingerprint density at radius 1 is 1.44 bits per heavy atom. The van der Waals surface area contributed by atoms with Gasteiger partial charge in [0, 0.05) is 5.02 Å². The van der Waals surface area contributed by atoms with E-state index < -0.39 is 0 Å². The van der Waals surface area contributed by atoms with Crippen LogP contribution in [0.2, 0.25) is 5.02 Å². The summed E-state index contributed by atoms with van der Waals surface area (Å²) >= 11 is 6.12. The van der Waals surface area contributed by atoms with Crippen LogP contribution >= 0.6 is 11.6 Å². The second-order valence-corrected chi connectivity index (χ2v) is 4.92. The summed E-state index contributed by atoms with van der Waals surface area (Å²) in [5.74, 6) is -0.419. The number of hydrogen-bond donors (Lipinski definition) is 1. The average Bonchev–Trinajstić information content (AvgIpc) is 2.32. The molecule has 18 heavy (non-hydrogen) atoms. The molecule has 1 aliphatic heterocycles. The summed E-state index contributed by atoms with van der Waals surface area (Å²) < 4.78 is 0. The number of piperazine rings is 1. The van der Waals surface area contributed by atoms with Gasteiger partial charge in [-0.05, 0) is 31.0 Å². The summed E-state index contributed by atoms with van der Waals surface area (Å²) in [4.78, 5) is 24.9. The Morgan fingerprint density at radius 3 is 2.83 bits per heavy atom. The highest BCUT2D eigenvalue weighted by atomic mass is 35.5. The van der Waals surface area contributed by atoms with Crippen molar-refractivity contribution in [1.29, 1.82) is 0 Å². The van der Waals surface area contributed by atoms with E-state index in [1.54, 1.807) is 6.92 Å². The number of carbonyl (C=O) groups excluding carboxylic acids is 2. The highest BCUT2D eigenvalue weighted by molar-refractivity contribution is 6.31. The molecule has 0 aliphatic carbocycles.